The number of hydrogen-bond donors (Lipinski definition) is 0. The van der Waals surface area contributed by atoms with Crippen molar-refractivity contribution in [2.75, 3.05) is 9.96 Å². The molecule has 2 amide bonds. The minimum atomic E-state index is -0.926. The summed E-state index contributed by atoms with van der Waals surface area (Å²) in [6, 6.07) is 19.4. The van der Waals surface area contributed by atoms with Crippen molar-refractivity contribution in [1.82, 2.24) is 0 Å². The largest absolute Gasteiger partial charge is 0.273 e. The zero-order valence-corrected chi connectivity index (χ0v) is 19.5. The SMILES string of the molecule is Cc1ccc([C@@H]2[C@@H]3C(=O)N(c4sc5c(c4C#N)CCCC5)C(=O)[C@H]3ON2c2ccccc2)cc1. The van der Waals surface area contributed by atoms with Gasteiger partial charge in [-0.3, -0.25) is 14.4 Å². The monoisotopic (exact) mass is 469 g/mol. The van der Waals surface area contributed by atoms with E-state index in [2.05, 4.69) is 6.07 Å². The van der Waals surface area contributed by atoms with E-state index in [1.165, 1.54) is 16.2 Å². The van der Waals surface area contributed by atoms with Crippen LogP contribution in [0, 0.1) is 24.2 Å². The number of thiophene rings is 1. The van der Waals surface area contributed by atoms with E-state index in [1.807, 2.05) is 61.5 Å². The Bertz CT molecular complexity index is 1330. The number of imide groups is 1. The van der Waals surface area contributed by atoms with Gasteiger partial charge in [-0.05, 0) is 55.9 Å². The number of amides is 2. The molecule has 6 rings (SSSR count). The molecule has 2 fully saturated rings. The number of anilines is 2. The van der Waals surface area contributed by atoms with Crippen molar-refractivity contribution >= 4 is 33.8 Å². The minimum Gasteiger partial charge on any atom is -0.273 e. The third kappa shape index (κ3) is 3.10. The van der Waals surface area contributed by atoms with Crippen LogP contribution in [-0.2, 0) is 27.3 Å². The molecular formula is C27H23N3O3S. The molecule has 170 valence electrons. The van der Waals surface area contributed by atoms with E-state index < -0.39 is 18.1 Å². The van der Waals surface area contributed by atoms with Crippen molar-refractivity contribution in [2.45, 2.75) is 44.8 Å². The van der Waals surface area contributed by atoms with Crippen molar-refractivity contribution in [2.24, 2.45) is 5.92 Å². The summed E-state index contributed by atoms with van der Waals surface area (Å²) in [7, 11) is 0. The molecule has 1 aromatic heterocycles. The Morgan fingerprint density at radius 2 is 1.74 bits per heavy atom. The summed E-state index contributed by atoms with van der Waals surface area (Å²) < 4.78 is 0. The quantitative estimate of drug-likeness (QED) is 0.512. The lowest BCUT2D eigenvalue weighted by Gasteiger charge is -2.28. The molecule has 0 bridgehead atoms. The molecule has 2 aromatic carbocycles. The van der Waals surface area contributed by atoms with Crippen molar-refractivity contribution in [3.8, 4) is 6.07 Å². The van der Waals surface area contributed by atoms with Gasteiger partial charge in [-0.1, -0.05) is 48.0 Å². The van der Waals surface area contributed by atoms with Crippen molar-refractivity contribution in [3.05, 3.63) is 81.7 Å². The number of aryl methyl sites for hydroxylation is 2. The zero-order valence-electron chi connectivity index (χ0n) is 18.7. The second-order valence-electron chi connectivity index (χ2n) is 9.08. The molecule has 7 heteroatoms. The van der Waals surface area contributed by atoms with Gasteiger partial charge in [0, 0.05) is 4.88 Å². The number of hydrogen-bond acceptors (Lipinski definition) is 6. The molecule has 0 spiro atoms. The fraction of sp³-hybridized carbons (Fsp3) is 0.296. The third-order valence-electron chi connectivity index (χ3n) is 7.01. The topological polar surface area (TPSA) is 73.6 Å². The van der Waals surface area contributed by atoms with E-state index in [0.29, 0.717) is 10.6 Å². The molecule has 0 N–H and O–H groups in total. The van der Waals surface area contributed by atoms with Crippen LogP contribution in [-0.4, -0.2) is 17.9 Å². The number of rotatable bonds is 3. The van der Waals surface area contributed by atoms with Gasteiger partial charge in [-0.15, -0.1) is 11.3 Å². The van der Waals surface area contributed by atoms with Crippen LogP contribution in [0.3, 0.4) is 0 Å². The van der Waals surface area contributed by atoms with Crippen molar-refractivity contribution in [1.29, 1.82) is 5.26 Å². The predicted molar refractivity (Wildman–Crippen MR) is 129 cm³/mol. The Morgan fingerprint density at radius 1 is 1.00 bits per heavy atom. The lowest BCUT2D eigenvalue weighted by molar-refractivity contribution is -0.126. The Hall–Kier alpha value is -3.47. The normalized spacial score (nSPS) is 23.7. The summed E-state index contributed by atoms with van der Waals surface area (Å²) in [4.78, 5) is 36.1. The number of nitriles is 1. The van der Waals surface area contributed by atoms with Gasteiger partial charge >= 0.3 is 0 Å². The van der Waals surface area contributed by atoms with Gasteiger partial charge in [0.15, 0.2) is 6.10 Å². The summed E-state index contributed by atoms with van der Waals surface area (Å²) in [5, 5.41) is 12.1. The lowest BCUT2D eigenvalue weighted by atomic mass is 9.90. The fourth-order valence-corrected chi connectivity index (χ4v) is 6.69. The highest BCUT2D eigenvalue weighted by atomic mass is 32.1. The van der Waals surface area contributed by atoms with Gasteiger partial charge in [0.05, 0.1) is 17.3 Å². The van der Waals surface area contributed by atoms with Crippen LogP contribution in [0.5, 0.6) is 0 Å². The second-order valence-corrected chi connectivity index (χ2v) is 10.2. The highest BCUT2D eigenvalue weighted by Gasteiger charge is 2.61. The Balaban J connectivity index is 1.44. The summed E-state index contributed by atoms with van der Waals surface area (Å²) in [6.07, 6.45) is 2.87. The molecule has 3 atom stereocenters. The number of fused-ring (bicyclic) bond motifs is 2. The maximum absolute atomic E-state index is 13.9. The maximum atomic E-state index is 13.9. The van der Waals surface area contributed by atoms with E-state index in [0.717, 1.165) is 52.9 Å². The van der Waals surface area contributed by atoms with E-state index in [-0.39, 0.29) is 11.8 Å². The average molecular weight is 470 g/mol. The number of carbonyl (C=O) groups excluding carboxylic acids is 2. The number of hydroxylamine groups is 1. The summed E-state index contributed by atoms with van der Waals surface area (Å²) in [5.74, 6) is -1.38. The highest BCUT2D eigenvalue weighted by molar-refractivity contribution is 7.17. The van der Waals surface area contributed by atoms with Crippen LogP contribution in [0.2, 0.25) is 0 Å². The van der Waals surface area contributed by atoms with Gasteiger partial charge in [0.2, 0.25) is 5.91 Å². The molecule has 0 unspecified atom stereocenters. The van der Waals surface area contributed by atoms with Gasteiger partial charge in [0.1, 0.15) is 17.0 Å². The predicted octanol–water partition coefficient (Wildman–Crippen LogP) is 4.86. The minimum absolute atomic E-state index is 0.297. The molecule has 2 aliphatic heterocycles. The molecule has 0 saturated carbocycles. The molecule has 1 aliphatic carbocycles. The molecule has 2 saturated heterocycles. The highest BCUT2D eigenvalue weighted by Crippen LogP contribution is 2.50. The molecule has 6 nitrogen and oxygen atoms in total. The first-order valence-electron chi connectivity index (χ1n) is 11.6. The van der Waals surface area contributed by atoms with Crippen LogP contribution in [0.25, 0.3) is 0 Å². The Morgan fingerprint density at radius 3 is 2.47 bits per heavy atom. The first kappa shape index (κ1) is 21.1. The van der Waals surface area contributed by atoms with Gasteiger partial charge in [0.25, 0.3) is 5.91 Å². The second kappa shape index (κ2) is 8.08. The zero-order chi connectivity index (χ0) is 23.4. The van der Waals surface area contributed by atoms with Crippen LogP contribution < -0.4 is 9.96 Å². The number of nitrogens with zero attached hydrogens (tertiary/aromatic N) is 3. The molecule has 34 heavy (non-hydrogen) atoms. The molecular weight excluding hydrogens is 446 g/mol. The average Bonchev–Trinajstić information content (AvgIpc) is 3.50. The smallest absolute Gasteiger partial charge is 0.267 e. The lowest BCUT2D eigenvalue weighted by Crippen LogP contribution is -2.37. The van der Waals surface area contributed by atoms with E-state index in [4.69, 9.17) is 4.84 Å². The van der Waals surface area contributed by atoms with Crippen LogP contribution in [0.15, 0.2) is 54.6 Å². The third-order valence-corrected chi connectivity index (χ3v) is 8.29. The molecule has 0 radical (unpaired) electrons. The van der Waals surface area contributed by atoms with Gasteiger partial charge < -0.3 is 0 Å². The van der Waals surface area contributed by atoms with E-state index in [9.17, 15) is 14.9 Å². The summed E-state index contributed by atoms with van der Waals surface area (Å²) in [5.41, 5.74) is 4.31. The van der Waals surface area contributed by atoms with Crippen molar-refractivity contribution < 1.29 is 14.4 Å². The summed E-state index contributed by atoms with van der Waals surface area (Å²) >= 11 is 1.42. The van der Waals surface area contributed by atoms with Crippen LogP contribution in [0.1, 0.15) is 46.0 Å². The van der Waals surface area contributed by atoms with Crippen LogP contribution >= 0.6 is 11.3 Å². The first-order chi connectivity index (χ1) is 16.6. The number of carbonyl (C=O) groups is 2. The maximum Gasteiger partial charge on any atom is 0.267 e. The number of benzene rings is 2. The molecule has 3 aromatic rings. The Kier molecular flexibility index (Phi) is 5.01. The van der Waals surface area contributed by atoms with E-state index >= 15 is 0 Å². The first-order valence-corrected chi connectivity index (χ1v) is 12.4. The fourth-order valence-electron chi connectivity index (χ4n) is 5.34. The van der Waals surface area contributed by atoms with Crippen molar-refractivity contribution in [3.63, 3.8) is 0 Å². The Labute approximate surface area is 201 Å². The van der Waals surface area contributed by atoms with Gasteiger partial charge in [-0.2, -0.15) is 5.26 Å². The van der Waals surface area contributed by atoms with Crippen LogP contribution in [0.4, 0.5) is 10.7 Å². The summed E-state index contributed by atoms with van der Waals surface area (Å²) in [6.45, 7) is 2.01. The van der Waals surface area contributed by atoms with Gasteiger partial charge in [-0.25, -0.2) is 9.96 Å². The molecule has 3 aliphatic rings. The number of para-hydroxylation sites is 1. The standard InChI is InChI=1S/C27H23N3O3S/c1-16-11-13-17(14-12-16)23-22-24(33-30(23)18-7-3-2-4-8-18)26(32)29(25(22)31)27-20(15-28)19-9-5-6-10-21(19)34-27/h2-4,7-8,11-14,22-24H,5-6,9-10H2,1H3/t22-,23+,24-/m0/s1. The molecule has 3 heterocycles. The van der Waals surface area contributed by atoms with E-state index in [1.54, 1.807) is 5.06 Å².